The summed E-state index contributed by atoms with van der Waals surface area (Å²) in [6.45, 7) is 6.66. The van der Waals surface area contributed by atoms with E-state index in [2.05, 4.69) is 61.6 Å². The van der Waals surface area contributed by atoms with Gasteiger partial charge in [0.25, 0.3) is 0 Å². The number of nitrogens with one attached hydrogen (secondary N) is 1. The van der Waals surface area contributed by atoms with Gasteiger partial charge in [0.2, 0.25) is 0 Å². The van der Waals surface area contributed by atoms with Crippen molar-refractivity contribution in [3.8, 4) is 0 Å². The standard InChI is InChI=1S/C17H30N2S/c1-14(12-18-3)17-8-6-16(7-9-17)13-19(4)15(2)10-11-20-5/h6-9,14-15,18H,10-13H2,1-5H3. The predicted molar refractivity (Wildman–Crippen MR) is 92.7 cm³/mol. The minimum atomic E-state index is 0.576. The molecule has 0 aliphatic carbocycles. The first kappa shape index (κ1) is 17.5. The molecule has 0 amide bonds. The van der Waals surface area contributed by atoms with Crippen LogP contribution in [-0.2, 0) is 6.54 Å². The number of likely N-dealkylation sites (N-methyl/N-ethyl adjacent to an activating group) is 1. The molecule has 2 nitrogen and oxygen atoms in total. The molecule has 0 fully saturated rings. The highest BCUT2D eigenvalue weighted by Crippen LogP contribution is 2.17. The lowest BCUT2D eigenvalue weighted by Gasteiger charge is -2.24. The van der Waals surface area contributed by atoms with Gasteiger partial charge in [-0.15, -0.1) is 0 Å². The average Bonchev–Trinajstić information content (AvgIpc) is 2.45. The van der Waals surface area contributed by atoms with E-state index < -0.39 is 0 Å². The molecule has 3 heteroatoms. The number of benzene rings is 1. The average molecular weight is 295 g/mol. The van der Waals surface area contributed by atoms with Crippen molar-refractivity contribution < 1.29 is 0 Å². The smallest absolute Gasteiger partial charge is 0.0233 e. The molecular formula is C17H30N2S. The van der Waals surface area contributed by atoms with Crippen LogP contribution < -0.4 is 5.32 Å². The van der Waals surface area contributed by atoms with Gasteiger partial charge < -0.3 is 5.32 Å². The van der Waals surface area contributed by atoms with Gasteiger partial charge in [-0.3, -0.25) is 4.90 Å². The molecule has 0 aliphatic rings. The summed E-state index contributed by atoms with van der Waals surface area (Å²) in [5.41, 5.74) is 2.82. The first-order chi connectivity index (χ1) is 9.58. The summed E-state index contributed by atoms with van der Waals surface area (Å²) in [6.07, 6.45) is 3.44. The van der Waals surface area contributed by atoms with Gasteiger partial charge in [-0.2, -0.15) is 11.8 Å². The van der Waals surface area contributed by atoms with Crippen LogP contribution in [0.3, 0.4) is 0 Å². The van der Waals surface area contributed by atoms with Crippen LogP contribution in [0.2, 0.25) is 0 Å². The monoisotopic (exact) mass is 294 g/mol. The Kier molecular flexibility index (Phi) is 8.27. The minimum Gasteiger partial charge on any atom is -0.319 e. The second kappa shape index (κ2) is 9.43. The fraction of sp³-hybridized carbons (Fsp3) is 0.647. The highest BCUT2D eigenvalue weighted by atomic mass is 32.2. The second-order valence-electron chi connectivity index (χ2n) is 5.75. The van der Waals surface area contributed by atoms with Gasteiger partial charge in [0, 0.05) is 19.1 Å². The SMILES string of the molecule is CNCC(C)c1ccc(CN(C)C(C)CCSC)cc1. The Morgan fingerprint density at radius 3 is 2.40 bits per heavy atom. The Hall–Kier alpha value is -0.510. The summed E-state index contributed by atoms with van der Waals surface area (Å²) < 4.78 is 0. The van der Waals surface area contributed by atoms with Crippen molar-refractivity contribution in [1.82, 2.24) is 10.2 Å². The van der Waals surface area contributed by atoms with E-state index >= 15 is 0 Å². The predicted octanol–water partition coefficient (Wildman–Crippen LogP) is 3.58. The second-order valence-corrected chi connectivity index (χ2v) is 6.73. The topological polar surface area (TPSA) is 15.3 Å². The van der Waals surface area contributed by atoms with E-state index in [0.717, 1.165) is 13.1 Å². The number of hydrogen-bond donors (Lipinski definition) is 1. The highest BCUT2D eigenvalue weighted by molar-refractivity contribution is 7.98. The van der Waals surface area contributed by atoms with Crippen LogP contribution in [-0.4, -0.2) is 43.6 Å². The van der Waals surface area contributed by atoms with Crippen molar-refractivity contribution in [2.75, 3.05) is 32.6 Å². The van der Waals surface area contributed by atoms with Gasteiger partial charge in [0.15, 0.2) is 0 Å². The third-order valence-corrected chi connectivity index (χ3v) is 4.63. The lowest BCUT2D eigenvalue weighted by Crippen LogP contribution is -2.29. The van der Waals surface area contributed by atoms with Gasteiger partial charge in [0.05, 0.1) is 0 Å². The molecule has 114 valence electrons. The molecule has 0 bridgehead atoms. The first-order valence-corrected chi connectivity index (χ1v) is 8.90. The van der Waals surface area contributed by atoms with Crippen molar-refractivity contribution in [3.05, 3.63) is 35.4 Å². The number of thioether (sulfide) groups is 1. The fourth-order valence-corrected chi connectivity index (χ4v) is 2.91. The molecule has 1 rings (SSSR count). The molecule has 1 aromatic rings. The molecule has 1 aromatic carbocycles. The Labute approximate surface area is 129 Å². The Morgan fingerprint density at radius 1 is 1.20 bits per heavy atom. The van der Waals surface area contributed by atoms with E-state index in [4.69, 9.17) is 0 Å². The Balaban J connectivity index is 2.52. The van der Waals surface area contributed by atoms with E-state index in [1.54, 1.807) is 0 Å². The Bertz CT molecular complexity index is 364. The summed E-state index contributed by atoms with van der Waals surface area (Å²) in [5, 5.41) is 3.24. The molecule has 0 saturated carbocycles. The molecule has 1 N–H and O–H groups in total. The van der Waals surface area contributed by atoms with Crippen molar-refractivity contribution in [2.45, 2.75) is 38.8 Å². The maximum atomic E-state index is 3.24. The zero-order chi connectivity index (χ0) is 15.0. The summed E-state index contributed by atoms with van der Waals surface area (Å²) in [4.78, 5) is 2.45. The fourth-order valence-electron chi connectivity index (χ4n) is 2.33. The van der Waals surface area contributed by atoms with Gasteiger partial charge in [-0.25, -0.2) is 0 Å². The maximum absolute atomic E-state index is 3.24. The van der Waals surface area contributed by atoms with Crippen LogP contribution in [0.25, 0.3) is 0 Å². The van der Waals surface area contributed by atoms with E-state index in [0.29, 0.717) is 12.0 Å². The third-order valence-electron chi connectivity index (χ3n) is 3.98. The third kappa shape index (κ3) is 5.86. The van der Waals surface area contributed by atoms with Crippen molar-refractivity contribution in [2.24, 2.45) is 0 Å². The molecule has 0 heterocycles. The zero-order valence-corrected chi connectivity index (χ0v) is 14.5. The van der Waals surface area contributed by atoms with E-state index in [9.17, 15) is 0 Å². The number of hydrogen-bond acceptors (Lipinski definition) is 3. The number of rotatable bonds is 9. The van der Waals surface area contributed by atoms with Crippen molar-refractivity contribution in [1.29, 1.82) is 0 Å². The van der Waals surface area contributed by atoms with Crippen LogP contribution in [0.5, 0.6) is 0 Å². The van der Waals surface area contributed by atoms with Crippen LogP contribution in [0, 0.1) is 0 Å². The Morgan fingerprint density at radius 2 is 1.85 bits per heavy atom. The molecule has 0 radical (unpaired) electrons. The quantitative estimate of drug-likeness (QED) is 0.749. The van der Waals surface area contributed by atoms with E-state index in [1.807, 2.05) is 18.8 Å². The van der Waals surface area contributed by atoms with Crippen LogP contribution >= 0.6 is 11.8 Å². The van der Waals surface area contributed by atoms with Gasteiger partial charge in [-0.1, -0.05) is 31.2 Å². The molecular weight excluding hydrogens is 264 g/mol. The zero-order valence-electron chi connectivity index (χ0n) is 13.6. The first-order valence-electron chi connectivity index (χ1n) is 7.51. The van der Waals surface area contributed by atoms with Crippen molar-refractivity contribution >= 4 is 11.8 Å². The summed E-state index contributed by atoms with van der Waals surface area (Å²) in [5.74, 6) is 1.82. The van der Waals surface area contributed by atoms with Crippen LogP contribution in [0.4, 0.5) is 0 Å². The summed E-state index contributed by atoms with van der Waals surface area (Å²) in [6, 6.07) is 9.75. The molecule has 0 aliphatic heterocycles. The largest absolute Gasteiger partial charge is 0.319 e. The van der Waals surface area contributed by atoms with Crippen molar-refractivity contribution in [3.63, 3.8) is 0 Å². The molecule has 2 unspecified atom stereocenters. The van der Waals surface area contributed by atoms with Gasteiger partial charge in [0.1, 0.15) is 0 Å². The lowest BCUT2D eigenvalue weighted by molar-refractivity contribution is 0.245. The van der Waals surface area contributed by atoms with Crippen LogP contribution in [0.15, 0.2) is 24.3 Å². The lowest BCUT2D eigenvalue weighted by atomic mass is 9.99. The summed E-state index contributed by atoms with van der Waals surface area (Å²) in [7, 11) is 4.23. The maximum Gasteiger partial charge on any atom is 0.0233 e. The summed E-state index contributed by atoms with van der Waals surface area (Å²) >= 11 is 1.93. The molecule has 2 atom stereocenters. The van der Waals surface area contributed by atoms with Crippen LogP contribution in [0.1, 0.15) is 37.3 Å². The minimum absolute atomic E-state index is 0.576. The van der Waals surface area contributed by atoms with Gasteiger partial charge in [-0.05, 0) is 56.5 Å². The number of nitrogens with zero attached hydrogens (tertiary/aromatic N) is 1. The normalized spacial score (nSPS) is 14.5. The van der Waals surface area contributed by atoms with E-state index in [-0.39, 0.29) is 0 Å². The molecule has 0 saturated heterocycles. The molecule has 20 heavy (non-hydrogen) atoms. The molecule has 0 aromatic heterocycles. The van der Waals surface area contributed by atoms with Gasteiger partial charge >= 0.3 is 0 Å². The highest BCUT2D eigenvalue weighted by Gasteiger charge is 2.10. The molecule has 0 spiro atoms. The van der Waals surface area contributed by atoms with E-state index in [1.165, 1.54) is 23.3 Å².